The molecule has 8 heteroatoms. The zero-order valence-electron chi connectivity index (χ0n) is 17.5. The van der Waals surface area contributed by atoms with Crippen LogP contribution in [0.25, 0.3) is 5.65 Å². The molecule has 0 spiro atoms. The molecule has 0 unspecified atom stereocenters. The highest BCUT2D eigenvalue weighted by molar-refractivity contribution is 6.03. The van der Waals surface area contributed by atoms with Gasteiger partial charge in [-0.05, 0) is 56.1 Å². The van der Waals surface area contributed by atoms with Crippen LogP contribution in [0.3, 0.4) is 0 Å². The molecular weight excluding hydrogens is 388 g/mol. The van der Waals surface area contributed by atoms with E-state index in [0.29, 0.717) is 23.2 Å². The van der Waals surface area contributed by atoms with E-state index in [1.807, 2.05) is 19.1 Å². The molecule has 3 heterocycles. The molecule has 3 aromatic heterocycles. The summed E-state index contributed by atoms with van der Waals surface area (Å²) < 4.78 is 30.5. The minimum atomic E-state index is -2.77. The molecule has 6 nitrogen and oxygen atoms in total. The van der Waals surface area contributed by atoms with E-state index < -0.39 is 12.3 Å². The molecule has 1 amide bonds. The number of hydrogen-bond donors (Lipinski definition) is 1. The summed E-state index contributed by atoms with van der Waals surface area (Å²) in [5.41, 5.74) is 1.55. The third kappa shape index (κ3) is 3.95. The van der Waals surface area contributed by atoms with Crippen LogP contribution in [0.4, 0.5) is 14.5 Å². The lowest BCUT2D eigenvalue weighted by Gasteiger charge is -2.30. The van der Waals surface area contributed by atoms with Crippen LogP contribution in [0.1, 0.15) is 73.7 Å². The van der Waals surface area contributed by atoms with E-state index in [2.05, 4.69) is 29.2 Å². The molecular formula is C22H27F2N5O. The Hall–Kier alpha value is -2.77. The topological polar surface area (TPSA) is 64.2 Å². The highest BCUT2D eigenvalue weighted by Gasteiger charge is 2.28. The number of nitrogens with zero attached hydrogens (tertiary/aromatic N) is 4. The number of halogens is 2. The van der Waals surface area contributed by atoms with E-state index in [1.54, 1.807) is 21.5 Å². The maximum atomic E-state index is 13.6. The second-order valence-corrected chi connectivity index (χ2v) is 8.55. The number of fused-ring (bicyclic) bond motifs is 1. The van der Waals surface area contributed by atoms with Crippen molar-refractivity contribution >= 4 is 17.2 Å². The minimum absolute atomic E-state index is 0.0589. The number of aryl methyl sites for hydroxylation is 1. The zero-order chi connectivity index (χ0) is 21.4. The SMILES string of the molecule is Cc1ccc2ncc(C(=O)Nc3cn(C4CCC(C(C)C)CC4)nc3C(F)F)n2c1. The van der Waals surface area contributed by atoms with E-state index in [4.69, 9.17) is 0 Å². The van der Waals surface area contributed by atoms with Crippen LogP contribution in [0.2, 0.25) is 0 Å². The first kappa shape index (κ1) is 20.5. The second-order valence-electron chi connectivity index (χ2n) is 8.55. The van der Waals surface area contributed by atoms with Crippen LogP contribution in [-0.4, -0.2) is 25.1 Å². The predicted molar refractivity (Wildman–Crippen MR) is 111 cm³/mol. The van der Waals surface area contributed by atoms with E-state index in [-0.39, 0.29) is 17.4 Å². The number of carbonyl (C=O) groups excluding carboxylic acids is 1. The highest BCUT2D eigenvalue weighted by Crippen LogP contribution is 2.37. The number of pyridine rings is 1. The number of alkyl halides is 2. The second kappa shape index (κ2) is 8.16. The van der Waals surface area contributed by atoms with Crippen molar-refractivity contribution in [3.8, 4) is 0 Å². The fourth-order valence-corrected chi connectivity index (χ4v) is 4.32. The Kier molecular flexibility index (Phi) is 5.58. The van der Waals surface area contributed by atoms with Gasteiger partial charge in [-0.2, -0.15) is 5.10 Å². The Balaban J connectivity index is 1.56. The van der Waals surface area contributed by atoms with Gasteiger partial charge in [0.1, 0.15) is 11.3 Å². The van der Waals surface area contributed by atoms with Crippen LogP contribution in [0, 0.1) is 18.8 Å². The summed E-state index contributed by atoms with van der Waals surface area (Å²) in [5, 5.41) is 6.77. The Morgan fingerprint density at radius 3 is 2.57 bits per heavy atom. The third-order valence-corrected chi connectivity index (χ3v) is 6.16. The number of aromatic nitrogens is 4. The average molecular weight is 415 g/mol. The fraction of sp³-hybridized carbons (Fsp3) is 0.500. The number of hydrogen-bond acceptors (Lipinski definition) is 3. The highest BCUT2D eigenvalue weighted by atomic mass is 19.3. The monoisotopic (exact) mass is 415 g/mol. The summed E-state index contributed by atoms with van der Waals surface area (Å²) in [6, 6.07) is 3.79. The predicted octanol–water partition coefficient (Wildman–Crippen LogP) is 5.42. The molecule has 0 radical (unpaired) electrons. The van der Waals surface area contributed by atoms with Gasteiger partial charge in [-0.3, -0.25) is 13.9 Å². The van der Waals surface area contributed by atoms with Gasteiger partial charge in [0.15, 0.2) is 5.69 Å². The standard InChI is InChI=1S/C22H27F2N5O/c1-13(2)15-5-7-16(8-6-15)29-12-17(20(27-29)21(23)24)26-22(30)18-10-25-19-9-4-14(3)11-28(18)19/h4,9-13,15-16,21H,5-8H2,1-3H3,(H,26,30). The fourth-order valence-electron chi connectivity index (χ4n) is 4.32. The van der Waals surface area contributed by atoms with Crippen molar-refractivity contribution in [1.82, 2.24) is 19.2 Å². The molecule has 0 saturated heterocycles. The molecule has 1 fully saturated rings. The lowest BCUT2D eigenvalue weighted by molar-refractivity contribution is 0.102. The van der Waals surface area contributed by atoms with E-state index >= 15 is 0 Å². The van der Waals surface area contributed by atoms with Crippen molar-refractivity contribution in [3.05, 3.63) is 47.7 Å². The van der Waals surface area contributed by atoms with E-state index in [1.165, 1.54) is 6.20 Å². The van der Waals surface area contributed by atoms with Gasteiger partial charge in [0.25, 0.3) is 12.3 Å². The van der Waals surface area contributed by atoms with Gasteiger partial charge in [-0.15, -0.1) is 0 Å². The smallest absolute Gasteiger partial charge is 0.284 e. The summed E-state index contributed by atoms with van der Waals surface area (Å²) in [6.07, 6.45) is 5.97. The molecule has 3 aromatic rings. The Labute approximate surface area is 174 Å². The first-order valence-corrected chi connectivity index (χ1v) is 10.5. The molecule has 1 N–H and O–H groups in total. The number of imidazole rings is 1. The Morgan fingerprint density at radius 1 is 1.17 bits per heavy atom. The maximum absolute atomic E-state index is 13.6. The number of amides is 1. The number of carbonyl (C=O) groups is 1. The number of nitrogens with one attached hydrogen (secondary N) is 1. The molecule has 1 saturated carbocycles. The van der Waals surface area contributed by atoms with E-state index in [9.17, 15) is 13.6 Å². The van der Waals surface area contributed by atoms with Gasteiger partial charge in [0.05, 0.1) is 17.9 Å². The molecule has 1 aliphatic rings. The summed E-state index contributed by atoms with van der Waals surface area (Å²) in [5.74, 6) is 0.811. The molecule has 0 aliphatic heterocycles. The van der Waals surface area contributed by atoms with Crippen LogP contribution in [-0.2, 0) is 0 Å². The number of anilines is 1. The molecule has 1 aliphatic carbocycles. The largest absolute Gasteiger partial charge is 0.318 e. The van der Waals surface area contributed by atoms with Crippen molar-refractivity contribution in [2.45, 2.75) is 58.9 Å². The van der Waals surface area contributed by atoms with Gasteiger partial charge in [0.2, 0.25) is 0 Å². The molecule has 30 heavy (non-hydrogen) atoms. The first-order chi connectivity index (χ1) is 14.3. The molecule has 4 rings (SSSR count). The van der Waals surface area contributed by atoms with Gasteiger partial charge < -0.3 is 5.32 Å². The Bertz CT molecular complexity index is 1050. The lowest BCUT2D eigenvalue weighted by Crippen LogP contribution is -2.21. The Morgan fingerprint density at radius 2 is 1.90 bits per heavy atom. The van der Waals surface area contributed by atoms with Gasteiger partial charge in [0, 0.05) is 12.4 Å². The average Bonchev–Trinajstić information content (AvgIpc) is 3.32. The van der Waals surface area contributed by atoms with E-state index in [0.717, 1.165) is 31.2 Å². The van der Waals surface area contributed by atoms with Crippen molar-refractivity contribution in [2.24, 2.45) is 11.8 Å². The maximum Gasteiger partial charge on any atom is 0.284 e. The summed E-state index contributed by atoms with van der Waals surface area (Å²) in [4.78, 5) is 17.0. The van der Waals surface area contributed by atoms with Crippen LogP contribution < -0.4 is 5.32 Å². The summed E-state index contributed by atoms with van der Waals surface area (Å²) >= 11 is 0. The molecule has 160 valence electrons. The van der Waals surface area contributed by atoms with Crippen LogP contribution in [0.15, 0.2) is 30.7 Å². The summed E-state index contributed by atoms with van der Waals surface area (Å²) in [7, 11) is 0. The first-order valence-electron chi connectivity index (χ1n) is 10.5. The number of rotatable bonds is 5. The molecule has 0 aromatic carbocycles. The third-order valence-electron chi connectivity index (χ3n) is 6.16. The summed E-state index contributed by atoms with van der Waals surface area (Å²) in [6.45, 7) is 6.36. The normalized spacial score (nSPS) is 19.7. The zero-order valence-corrected chi connectivity index (χ0v) is 17.5. The minimum Gasteiger partial charge on any atom is -0.318 e. The molecule has 0 bridgehead atoms. The van der Waals surface area contributed by atoms with Crippen molar-refractivity contribution < 1.29 is 13.6 Å². The van der Waals surface area contributed by atoms with Gasteiger partial charge >= 0.3 is 0 Å². The van der Waals surface area contributed by atoms with Crippen molar-refractivity contribution in [2.75, 3.05) is 5.32 Å². The van der Waals surface area contributed by atoms with Crippen molar-refractivity contribution in [1.29, 1.82) is 0 Å². The van der Waals surface area contributed by atoms with Gasteiger partial charge in [-0.25, -0.2) is 13.8 Å². The lowest BCUT2D eigenvalue weighted by atomic mass is 9.80. The quantitative estimate of drug-likeness (QED) is 0.605. The van der Waals surface area contributed by atoms with Crippen LogP contribution in [0.5, 0.6) is 0 Å². The van der Waals surface area contributed by atoms with Crippen molar-refractivity contribution in [3.63, 3.8) is 0 Å². The van der Waals surface area contributed by atoms with Crippen LogP contribution >= 0.6 is 0 Å². The van der Waals surface area contributed by atoms with Gasteiger partial charge in [-0.1, -0.05) is 19.9 Å². The molecule has 0 atom stereocenters.